The van der Waals surface area contributed by atoms with E-state index < -0.39 is 6.10 Å². The molecule has 134 valence electrons. The molecule has 2 aromatic heterocycles. The number of aliphatic hydroxyl groups excluding tert-OH is 1. The van der Waals surface area contributed by atoms with Gasteiger partial charge in [-0.3, -0.25) is 9.78 Å². The molecule has 0 radical (unpaired) electrons. The predicted molar refractivity (Wildman–Crippen MR) is 103 cm³/mol. The van der Waals surface area contributed by atoms with E-state index in [1.165, 1.54) is 5.56 Å². The molecule has 26 heavy (non-hydrogen) atoms. The number of carbonyl (C=O) groups is 1. The molecule has 0 bridgehead atoms. The molecule has 0 spiro atoms. The van der Waals surface area contributed by atoms with Crippen LogP contribution in [0, 0.1) is 6.92 Å². The van der Waals surface area contributed by atoms with Crippen LogP contribution in [0.1, 0.15) is 37.4 Å². The number of aryl methyl sites for hydroxylation is 1. The number of nitrogens with one attached hydrogen (secondary N) is 1. The monoisotopic (exact) mass is 349 g/mol. The van der Waals surface area contributed by atoms with Crippen LogP contribution in [0.2, 0.25) is 0 Å². The number of hydrogen-bond donors (Lipinski definition) is 2. The maximum absolute atomic E-state index is 12.2. The highest BCUT2D eigenvalue weighted by atomic mass is 16.3. The molecular weight excluding hydrogens is 326 g/mol. The van der Waals surface area contributed by atoms with Crippen molar-refractivity contribution in [2.75, 3.05) is 11.4 Å². The first-order valence-corrected chi connectivity index (χ1v) is 9.04. The van der Waals surface area contributed by atoms with Crippen molar-refractivity contribution >= 4 is 22.5 Å². The van der Waals surface area contributed by atoms with Crippen molar-refractivity contribution in [2.45, 2.75) is 39.2 Å². The summed E-state index contributed by atoms with van der Waals surface area (Å²) in [6.45, 7) is 6.90. The van der Waals surface area contributed by atoms with E-state index in [0.717, 1.165) is 33.5 Å². The molecular formula is C21H23N3O2. The topological polar surface area (TPSA) is 69.2 Å². The molecule has 5 heteroatoms. The Balaban J connectivity index is 1.88. The molecule has 4 rings (SSSR count). The number of amides is 1. The van der Waals surface area contributed by atoms with Gasteiger partial charge in [0.1, 0.15) is 6.10 Å². The SMILES string of the molecule is Cc1cc(-c2[nH]c3ccc(N4CCC(O)C4=O)cc3c2C(C)C)ccn1. The average Bonchev–Trinajstić information content (AvgIpc) is 3.15. The molecule has 1 amide bonds. The summed E-state index contributed by atoms with van der Waals surface area (Å²) >= 11 is 0. The Bertz CT molecular complexity index is 990. The molecule has 1 unspecified atom stereocenters. The Morgan fingerprint density at radius 1 is 1.27 bits per heavy atom. The number of carbonyl (C=O) groups excluding carboxylic acids is 1. The van der Waals surface area contributed by atoms with Crippen molar-refractivity contribution < 1.29 is 9.90 Å². The zero-order valence-corrected chi connectivity index (χ0v) is 15.3. The molecule has 2 N–H and O–H groups in total. The minimum Gasteiger partial charge on any atom is -0.383 e. The highest BCUT2D eigenvalue weighted by Gasteiger charge is 2.31. The van der Waals surface area contributed by atoms with Gasteiger partial charge in [-0.25, -0.2) is 0 Å². The van der Waals surface area contributed by atoms with Gasteiger partial charge in [-0.1, -0.05) is 13.8 Å². The van der Waals surface area contributed by atoms with E-state index in [9.17, 15) is 9.90 Å². The number of H-pyrrole nitrogens is 1. The Labute approximate surface area is 152 Å². The molecule has 5 nitrogen and oxygen atoms in total. The molecule has 0 saturated carbocycles. The number of hydrogen-bond acceptors (Lipinski definition) is 3. The molecule has 0 aliphatic carbocycles. The van der Waals surface area contributed by atoms with Crippen molar-refractivity contribution in [1.29, 1.82) is 0 Å². The van der Waals surface area contributed by atoms with Crippen LogP contribution in [-0.2, 0) is 4.79 Å². The number of pyridine rings is 1. The fourth-order valence-corrected chi connectivity index (χ4v) is 3.82. The van der Waals surface area contributed by atoms with Crippen LogP contribution in [0.15, 0.2) is 36.5 Å². The van der Waals surface area contributed by atoms with Crippen molar-refractivity contribution in [1.82, 2.24) is 9.97 Å². The highest BCUT2D eigenvalue weighted by molar-refractivity contribution is 6.01. The molecule has 3 heterocycles. The minimum atomic E-state index is -0.878. The van der Waals surface area contributed by atoms with E-state index in [0.29, 0.717) is 18.9 Å². The highest BCUT2D eigenvalue weighted by Crippen LogP contribution is 2.37. The third-order valence-electron chi connectivity index (χ3n) is 5.07. The fraction of sp³-hybridized carbons (Fsp3) is 0.333. The molecule has 1 aliphatic rings. The third kappa shape index (κ3) is 2.69. The summed E-state index contributed by atoms with van der Waals surface area (Å²) in [6.07, 6.45) is 1.44. The molecule has 1 fully saturated rings. The van der Waals surface area contributed by atoms with Gasteiger partial charge in [0, 0.05) is 47.0 Å². The summed E-state index contributed by atoms with van der Waals surface area (Å²) < 4.78 is 0. The molecule has 1 saturated heterocycles. The molecule has 1 aliphatic heterocycles. The number of rotatable bonds is 3. The van der Waals surface area contributed by atoms with Crippen LogP contribution in [0.25, 0.3) is 22.2 Å². The van der Waals surface area contributed by atoms with E-state index in [2.05, 4.69) is 35.9 Å². The summed E-state index contributed by atoms with van der Waals surface area (Å²) in [4.78, 5) is 21.7. The lowest BCUT2D eigenvalue weighted by atomic mass is 9.96. The van der Waals surface area contributed by atoms with Crippen molar-refractivity contribution in [3.05, 3.63) is 47.8 Å². The van der Waals surface area contributed by atoms with E-state index in [1.807, 2.05) is 31.3 Å². The molecule has 3 aromatic rings. The Hall–Kier alpha value is -2.66. The van der Waals surface area contributed by atoms with Gasteiger partial charge in [0.2, 0.25) is 0 Å². The van der Waals surface area contributed by atoms with Crippen molar-refractivity contribution in [3.63, 3.8) is 0 Å². The number of aliphatic hydroxyl groups is 1. The standard InChI is InChI=1S/C21H23N3O2/c1-12(2)19-16-11-15(24-9-7-18(25)21(24)26)4-5-17(16)23-20(19)14-6-8-22-13(3)10-14/h4-6,8,10-12,18,23,25H,7,9H2,1-3H3. The third-order valence-corrected chi connectivity index (χ3v) is 5.07. The van der Waals surface area contributed by atoms with Crippen molar-refractivity contribution in [2.24, 2.45) is 0 Å². The lowest BCUT2D eigenvalue weighted by molar-refractivity contribution is -0.123. The van der Waals surface area contributed by atoms with Gasteiger partial charge < -0.3 is 15.0 Å². The number of benzene rings is 1. The van der Waals surface area contributed by atoms with E-state index >= 15 is 0 Å². The van der Waals surface area contributed by atoms with Crippen LogP contribution < -0.4 is 4.90 Å². The predicted octanol–water partition coefficient (Wildman–Crippen LogP) is 3.76. The van der Waals surface area contributed by atoms with Gasteiger partial charge in [0.25, 0.3) is 5.91 Å². The maximum Gasteiger partial charge on any atom is 0.255 e. The summed E-state index contributed by atoms with van der Waals surface area (Å²) in [5.74, 6) is 0.110. The number of aromatic nitrogens is 2. The summed E-state index contributed by atoms with van der Waals surface area (Å²) in [6, 6.07) is 10.1. The van der Waals surface area contributed by atoms with E-state index in [1.54, 1.807) is 4.90 Å². The van der Waals surface area contributed by atoms with Gasteiger partial charge in [0.15, 0.2) is 0 Å². The van der Waals surface area contributed by atoms with Gasteiger partial charge >= 0.3 is 0 Å². The van der Waals surface area contributed by atoms with Crippen molar-refractivity contribution in [3.8, 4) is 11.3 Å². The number of anilines is 1. The Morgan fingerprint density at radius 2 is 2.08 bits per heavy atom. The lowest BCUT2D eigenvalue weighted by Crippen LogP contribution is -2.28. The summed E-state index contributed by atoms with van der Waals surface area (Å²) in [7, 11) is 0. The Kier molecular flexibility index (Phi) is 4.04. The summed E-state index contributed by atoms with van der Waals surface area (Å²) in [5, 5.41) is 10.9. The average molecular weight is 349 g/mol. The number of fused-ring (bicyclic) bond motifs is 1. The fourth-order valence-electron chi connectivity index (χ4n) is 3.82. The molecule has 1 aromatic carbocycles. The van der Waals surface area contributed by atoms with Crippen LogP contribution in [0.3, 0.4) is 0 Å². The largest absolute Gasteiger partial charge is 0.383 e. The van der Waals surface area contributed by atoms with E-state index in [-0.39, 0.29) is 5.91 Å². The van der Waals surface area contributed by atoms with Gasteiger partial charge in [-0.15, -0.1) is 0 Å². The minimum absolute atomic E-state index is 0.212. The first kappa shape index (κ1) is 16.8. The maximum atomic E-state index is 12.2. The molecule has 1 atom stereocenters. The normalized spacial score (nSPS) is 17.7. The van der Waals surface area contributed by atoms with Crippen LogP contribution in [-0.4, -0.2) is 33.6 Å². The van der Waals surface area contributed by atoms with Gasteiger partial charge in [-0.2, -0.15) is 0 Å². The van der Waals surface area contributed by atoms with Gasteiger partial charge in [0.05, 0.1) is 5.69 Å². The van der Waals surface area contributed by atoms with Crippen LogP contribution >= 0.6 is 0 Å². The van der Waals surface area contributed by atoms with E-state index in [4.69, 9.17) is 0 Å². The Morgan fingerprint density at radius 3 is 2.73 bits per heavy atom. The second-order valence-corrected chi connectivity index (χ2v) is 7.28. The first-order chi connectivity index (χ1) is 12.5. The quantitative estimate of drug-likeness (QED) is 0.756. The van der Waals surface area contributed by atoms with Gasteiger partial charge in [-0.05, 0) is 48.7 Å². The zero-order chi connectivity index (χ0) is 18.4. The zero-order valence-electron chi connectivity index (χ0n) is 15.3. The lowest BCUT2D eigenvalue weighted by Gasteiger charge is -2.16. The second kappa shape index (κ2) is 6.25. The summed E-state index contributed by atoms with van der Waals surface area (Å²) in [5.41, 5.74) is 6.33. The number of nitrogens with zero attached hydrogens (tertiary/aromatic N) is 2. The first-order valence-electron chi connectivity index (χ1n) is 9.04. The second-order valence-electron chi connectivity index (χ2n) is 7.28. The van der Waals surface area contributed by atoms with Crippen LogP contribution in [0.5, 0.6) is 0 Å². The number of aromatic amines is 1. The van der Waals surface area contributed by atoms with Crippen LogP contribution in [0.4, 0.5) is 5.69 Å². The smallest absolute Gasteiger partial charge is 0.255 e.